The molecule has 0 spiro atoms. The third-order valence-corrected chi connectivity index (χ3v) is 2.72. The molecule has 1 N–H and O–H groups in total. The first kappa shape index (κ1) is 12.5. The molecule has 2 aromatic heterocycles. The Morgan fingerprint density at radius 1 is 1.22 bits per heavy atom. The fraction of sp³-hybridized carbons (Fsp3) is 0.357. The van der Waals surface area contributed by atoms with E-state index in [4.69, 9.17) is 0 Å². The van der Waals surface area contributed by atoms with Crippen LogP contribution in [0.15, 0.2) is 30.9 Å². The molecule has 2 rings (SSSR count). The van der Waals surface area contributed by atoms with Gasteiger partial charge in [0.1, 0.15) is 12.1 Å². The molecule has 0 aliphatic carbocycles. The molecular formula is C14H18N4. The first-order chi connectivity index (χ1) is 8.86. The lowest BCUT2D eigenvalue weighted by atomic mass is 10.0. The fourth-order valence-electron chi connectivity index (χ4n) is 1.97. The third kappa shape index (κ3) is 2.64. The van der Waals surface area contributed by atoms with Gasteiger partial charge in [0.05, 0.1) is 5.69 Å². The number of nitrogens with zero attached hydrogens (tertiary/aromatic N) is 3. The molecule has 4 nitrogen and oxygen atoms in total. The Balaban J connectivity index is 2.49. The standard InChI is InChI=1S/C14H18N4/c1-3-6-12-13(11-7-5-8-15-9-11)17-10-18-14(12)16-4-2/h5,7-10H,3-4,6H2,1-2H3,(H,16,17,18). The SMILES string of the molecule is CCCc1c(NCC)ncnc1-c1cccnc1. The highest BCUT2D eigenvalue weighted by molar-refractivity contribution is 5.67. The Hall–Kier alpha value is -1.97. The van der Waals surface area contributed by atoms with Crippen LogP contribution in [0.3, 0.4) is 0 Å². The smallest absolute Gasteiger partial charge is 0.133 e. The number of pyridine rings is 1. The Morgan fingerprint density at radius 2 is 2.11 bits per heavy atom. The van der Waals surface area contributed by atoms with Crippen molar-refractivity contribution in [2.75, 3.05) is 11.9 Å². The van der Waals surface area contributed by atoms with Crippen LogP contribution >= 0.6 is 0 Å². The highest BCUT2D eigenvalue weighted by Crippen LogP contribution is 2.26. The third-order valence-electron chi connectivity index (χ3n) is 2.72. The molecule has 0 aromatic carbocycles. The molecule has 0 atom stereocenters. The Kier molecular flexibility index (Phi) is 4.23. The Morgan fingerprint density at radius 3 is 2.78 bits per heavy atom. The van der Waals surface area contributed by atoms with E-state index in [1.165, 1.54) is 5.56 Å². The first-order valence-corrected chi connectivity index (χ1v) is 6.35. The molecule has 18 heavy (non-hydrogen) atoms. The number of aromatic nitrogens is 3. The van der Waals surface area contributed by atoms with Crippen molar-refractivity contribution in [3.05, 3.63) is 36.4 Å². The van der Waals surface area contributed by atoms with E-state index in [2.05, 4.69) is 34.1 Å². The highest BCUT2D eigenvalue weighted by atomic mass is 15.0. The molecule has 4 heteroatoms. The Labute approximate surface area is 108 Å². The van der Waals surface area contributed by atoms with Crippen LogP contribution in [0.25, 0.3) is 11.3 Å². The van der Waals surface area contributed by atoms with E-state index in [9.17, 15) is 0 Å². The van der Waals surface area contributed by atoms with Crippen molar-refractivity contribution in [1.29, 1.82) is 0 Å². The summed E-state index contributed by atoms with van der Waals surface area (Å²) < 4.78 is 0. The zero-order valence-corrected chi connectivity index (χ0v) is 10.8. The van der Waals surface area contributed by atoms with Gasteiger partial charge >= 0.3 is 0 Å². The lowest BCUT2D eigenvalue weighted by Gasteiger charge is -2.12. The van der Waals surface area contributed by atoms with E-state index in [-0.39, 0.29) is 0 Å². The summed E-state index contributed by atoms with van der Waals surface area (Å²) in [6.45, 7) is 5.09. The quantitative estimate of drug-likeness (QED) is 0.875. The summed E-state index contributed by atoms with van der Waals surface area (Å²) in [6, 6.07) is 3.96. The van der Waals surface area contributed by atoms with Crippen LogP contribution in [0.2, 0.25) is 0 Å². The normalized spacial score (nSPS) is 10.3. The van der Waals surface area contributed by atoms with E-state index in [1.807, 2.05) is 18.3 Å². The lowest BCUT2D eigenvalue weighted by Crippen LogP contribution is -2.06. The van der Waals surface area contributed by atoms with E-state index >= 15 is 0 Å². The second-order valence-corrected chi connectivity index (χ2v) is 4.07. The first-order valence-electron chi connectivity index (χ1n) is 6.35. The molecule has 0 unspecified atom stereocenters. The number of hydrogen-bond donors (Lipinski definition) is 1. The molecule has 0 radical (unpaired) electrons. The lowest BCUT2D eigenvalue weighted by molar-refractivity contribution is 0.902. The molecule has 94 valence electrons. The van der Waals surface area contributed by atoms with Gasteiger partial charge in [-0.25, -0.2) is 9.97 Å². The summed E-state index contributed by atoms with van der Waals surface area (Å²) in [4.78, 5) is 12.9. The van der Waals surface area contributed by atoms with Crippen LogP contribution in [0.4, 0.5) is 5.82 Å². The number of anilines is 1. The molecule has 0 amide bonds. The van der Waals surface area contributed by atoms with Crippen LogP contribution in [0.1, 0.15) is 25.8 Å². The summed E-state index contributed by atoms with van der Waals surface area (Å²) in [5, 5.41) is 3.30. The highest BCUT2D eigenvalue weighted by Gasteiger charge is 2.11. The zero-order valence-electron chi connectivity index (χ0n) is 10.8. The second kappa shape index (κ2) is 6.10. The van der Waals surface area contributed by atoms with Crippen LogP contribution in [0, 0.1) is 0 Å². The van der Waals surface area contributed by atoms with Crippen molar-refractivity contribution >= 4 is 5.82 Å². The summed E-state index contributed by atoms with van der Waals surface area (Å²) in [5.41, 5.74) is 3.20. The van der Waals surface area contributed by atoms with Crippen molar-refractivity contribution in [2.24, 2.45) is 0 Å². The van der Waals surface area contributed by atoms with Crippen LogP contribution < -0.4 is 5.32 Å². The maximum atomic E-state index is 4.42. The minimum atomic E-state index is 0.861. The number of hydrogen-bond acceptors (Lipinski definition) is 4. The summed E-state index contributed by atoms with van der Waals surface area (Å²) in [7, 11) is 0. The summed E-state index contributed by atoms with van der Waals surface area (Å²) in [5.74, 6) is 0.938. The van der Waals surface area contributed by atoms with Gasteiger partial charge in [0.25, 0.3) is 0 Å². The van der Waals surface area contributed by atoms with Gasteiger partial charge in [-0.15, -0.1) is 0 Å². The molecule has 0 fully saturated rings. The van der Waals surface area contributed by atoms with Crippen molar-refractivity contribution in [3.63, 3.8) is 0 Å². The van der Waals surface area contributed by atoms with Crippen LogP contribution in [0.5, 0.6) is 0 Å². The minimum Gasteiger partial charge on any atom is -0.370 e. The van der Waals surface area contributed by atoms with Gasteiger partial charge in [-0.3, -0.25) is 4.98 Å². The van der Waals surface area contributed by atoms with E-state index in [1.54, 1.807) is 12.5 Å². The van der Waals surface area contributed by atoms with Gasteiger partial charge in [0, 0.05) is 30.1 Å². The number of nitrogens with one attached hydrogen (secondary N) is 1. The van der Waals surface area contributed by atoms with E-state index in [0.29, 0.717) is 0 Å². The predicted octanol–water partition coefficient (Wildman–Crippen LogP) is 2.92. The molecule has 2 aromatic rings. The molecule has 2 heterocycles. The van der Waals surface area contributed by atoms with Gasteiger partial charge in [0.2, 0.25) is 0 Å². The zero-order chi connectivity index (χ0) is 12.8. The second-order valence-electron chi connectivity index (χ2n) is 4.07. The maximum Gasteiger partial charge on any atom is 0.133 e. The van der Waals surface area contributed by atoms with E-state index < -0.39 is 0 Å². The van der Waals surface area contributed by atoms with Crippen molar-refractivity contribution in [2.45, 2.75) is 26.7 Å². The Bertz CT molecular complexity index is 496. The van der Waals surface area contributed by atoms with Crippen LogP contribution in [-0.2, 0) is 6.42 Å². The van der Waals surface area contributed by atoms with E-state index in [0.717, 1.165) is 36.5 Å². The number of rotatable bonds is 5. The molecule has 0 aliphatic heterocycles. The predicted molar refractivity (Wildman–Crippen MR) is 73.4 cm³/mol. The van der Waals surface area contributed by atoms with Gasteiger partial charge in [-0.1, -0.05) is 13.3 Å². The average molecular weight is 242 g/mol. The minimum absolute atomic E-state index is 0.861. The fourth-order valence-corrected chi connectivity index (χ4v) is 1.97. The molecule has 0 bridgehead atoms. The molecular weight excluding hydrogens is 224 g/mol. The van der Waals surface area contributed by atoms with Crippen LogP contribution in [-0.4, -0.2) is 21.5 Å². The maximum absolute atomic E-state index is 4.42. The largest absolute Gasteiger partial charge is 0.370 e. The van der Waals surface area contributed by atoms with Crippen molar-refractivity contribution < 1.29 is 0 Å². The van der Waals surface area contributed by atoms with Crippen molar-refractivity contribution in [1.82, 2.24) is 15.0 Å². The van der Waals surface area contributed by atoms with Gasteiger partial charge in [-0.05, 0) is 25.5 Å². The molecule has 0 saturated carbocycles. The monoisotopic (exact) mass is 242 g/mol. The average Bonchev–Trinajstić information content (AvgIpc) is 2.42. The van der Waals surface area contributed by atoms with Gasteiger partial charge < -0.3 is 5.32 Å². The summed E-state index contributed by atoms with van der Waals surface area (Å²) in [6.07, 6.45) is 7.26. The van der Waals surface area contributed by atoms with Crippen molar-refractivity contribution in [3.8, 4) is 11.3 Å². The van der Waals surface area contributed by atoms with Gasteiger partial charge in [0.15, 0.2) is 0 Å². The van der Waals surface area contributed by atoms with Gasteiger partial charge in [-0.2, -0.15) is 0 Å². The molecule has 0 saturated heterocycles. The summed E-state index contributed by atoms with van der Waals surface area (Å²) >= 11 is 0. The molecule has 0 aliphatic rings. The topological polar surface area (TPSA) is 50.7 Å².